The predicted molar refractivity (Wildman–Crippen MR) is 95.1 cm³/mol. The quantitative estimate of drug-likeness (QED) is 0.720. The molecule has 0 saturated carbocycles. The van der Waals surface area contributed by atoms with E-state index in [0.29, 0.717) is 17.9 Å². The van der Waals surface area contributed by atoms with Crippen LogP contribution in [0.5, 0.6) is 28.7 Å². The summed E-state index contributed by atoms with van der Waals surface area (Å²) in [4.78, 5) is 12.3. The van der Waals surface area contributed by atoms with E-state index in [-0.39, 0.29) is 40.8 Å². The number of hydrogen-bond donors (Lipinski definition) is 3. The number of ether oxygens (including phenoxy) is 2. The van der Waals surface area contributed by atoms with Crippen LogP contribution in [0.2, 0.25) is 0 Å². The van der Waals surface area contributed by atoms with Crippen molar-refractivity contribution < 1.29 is 29.6 Å². The zero-order chi connectivity index (χ0) is 18.8. The number of Topliss-reactive ketones (excluding diaryl/α,β-unsaturated/α-hetero) is 1. The van der Waals surface area contributed by atoms with E-state index in [1.165, 1.54) is 12.1 Å². The van der Waals surface area contributed by atoms with E-state index >= 15 is 0 Å². The number of phenols is 3. The molecule has 26 heavy (non-hydrogen) atoms. The van der Waals surface area contributed by atoms with Gasteiger partial charge in [-0.3, -0.25) is 4.79 Å². The first-order chi connectivity index (χ1) is 12.3. The molecule has 0 spiro atoms. The Hall–Kier alpha value is -3.15. The Morgan fingerprint density at radius 2 is 1.96 bits per heavy atom. The summed E-state index contributed by atoms with van der Waals surface area (Å²) >= 11 is 0. The zero-order valence-corrected chi connectivity index (χ0v) is 14.5. The molecule has 2 aromatic carbocycles. The molecule has 1 heterocycles. The number of fused-ring (bicyclic) bond motifs is 1. The number of phenolic OH excluding ortho intramolecular Hbond substituents is 3. The summed E-state index contributed by atoms with van der Waals surface area (Å²) in [6, 6.07) is 7.21. The molecule has 0 fully saturated rings. The van der Waals surface area contributed by atoms with Crippen LogP contribution in [0.1, 0.15) is 42.3 Å². The highest BCUT2D eigenvalue weighted by molar-refractivity contribution is 6.02. The van der Waals surface area contributed by atoms with Crippen molar-refractivity contribution in [2.75, 3.05) is 6.61 Å². The van der Waals surface area contributed by atoms with Crippen LogP contribution in [0.3, 0.4) is 0 Å². The van der Waals surface area contributed by atoms with E-state index in [2.05, 4.69) is 0 Å². The Kier molecular flexibility index (Phi) is 4.75. The molecule has 3 N–H and O–H groups in total. The Balaban J connectivity index is 1.83. The van der Waals surface area contributed by atoms with Gasteiger partial charge in [0.25, 0.3) is 0 Å². The van der Waals surface area contributed by atoms with Crippen LogP contribution in [0.25, 0.3) is 0 Å². The summed E-state index contributed by atoms with van der Waals surface area (Å²) < 4.78 is 11.3. The standard InChI is InChI=1S/C20H20O6/c1-11(2)5-6-25-17-4-3-12(7-14(17)22)18-10-16(24)20-15(23)8-13(21)9-19(20)26-18/h3-5,7-9,18,21-23H,6,10H2,1-2H3/t18-/m0/s1. The van der Waals surface area contributed by atoms with E-state index in [1.807, 2.05) is 19.9 Å². The Morgan fingerprint density at radius 1 is 1.19 bits per heavy atom. The molecule has 1 atom stereocenters. The maximum Gasteiger partial charge on any atom is 0.174 e. The smallest absolute Gasteiger partial charge is 0.174 e. The molecule has 0 bridgehead atoms. The van der Waals surface area contributed by atoms with Gasteiger partial charge in [-0.1, -0.05) is 11.6 Å². The third kappa shape index (κ3) is 3.59. The second-order valence-electron chi connectivity index (χ2n) is 6.39. The lowest BCUT2D eigenvalue weighted by Crippen LogP contribution is -2.20. The molecule has 136 valence electrons. The fourth-order valence-electron chi connectivity index (χ4n) is 2.77. The first-order valence-corrected chi connectivity index (χ1v) is 8.20. The highest BCUT2D eigenvalue weighted by Crippen LogP contribution is 2.42. The molecule has 1 aliphatic rings. The lowest BCUT2D eigenvalue weighted by molar-refractivity contribution is 0.0844. The molecule has 6 nitrogen and oxygen atoms in total. The van der Waals surface area contributed by atoms with E-state index < -0.39 is 6.10 Å². The number of carbonyl (C=O) groups is 1. The van der Waals surface area contributed by atoms with Crippen LogP contribution in [-0.2, 0) is 0 Å². The van der Waals surface area contributed by atoms with Gasteiger partial charge in [-0.05, 0) is 37.6 Å². The summed E-state index contributed by atoms with van der Waals surface area (Å²) in [6.45, 7) is 4.26. The number of allylic oxidation sites excluding steroid dienone is 1. The molecule has 1 aliphatic heterocycles. The van der Waals surface area contributed by atoms with Gasteiger partial charge >= 0.3 is 0 Å². The van der Waals surface area contributed by atoms with Crippen molar-refractivity contribution in [3.05, 3.63) is 53.1 Å². The Morgan fingerprint density at radius 3 is 2.65 bits per heavy atom. The van der Waals surface area contributed by atoms with Gasteiger partial charge in [0.2, 0.25) is 0 Å². The van der Waals surface area contributed by atoms with Gasteiger partial charge in [0.15, 0.2) is 17.3 Å². The van der Waals surface area contributed by atoms with Crippen LogP contribution in [0.15, 0.2) is 42.0 Å². The second-order valence-corrected chi connectivity index (χ2v) is 6.39. The van der Waals surface area contributed by atoms with E-state index in [1.54, 1.807) is 12.1 Å². The average Bonchev–Trinajstić information content (AvgIpc) is 2.54. The molecule has 0 aromatic heterocycles. The van der Waals surface area contributed by atoms with Crippen molar-refractivity contribution in [1.82, 2.24) is 0 Å². The van der Waals surface area contributed by atoms with Gasteiger partial charge in [0.05, 0.1) is 6.42 Å². The first kappa shape index (κ1) is 17.7. The number of benzene rings is 2. The number of carbonyl (C=O) groups excluding carboxylic acids is 1. The fraction of sp³-hybridized carbons (Fsp3) is 0.250. The lowest BCUT2D eigenvalue weighted by atomic mass is 9.95. The third-order valence-corrected chi connectivity index (χ3v) is 4.07. The van der Waals surface area contributed by atoms with E-state index in [4.69, 9.17) is 9.47 Å². The number of hydrogen-bond acceptors (Lipinski definition) is 6. The molecule has 6 heteroatoms. The summed E-state index contributed by atoms with van der Waals surface area (Å²) in [7, 11) is 0. The normalized spacial score (nSPS) is 15.8. The van der Waals surface area contributed by atoms with Gasteiger partial charge in [0.1, 0.15) is 35.5 Å². The van der Waals surface area contributed by atoms with Crippen LogP contribution in [0, 0.1) is 0 Å². The highest BCUT2D eigenvalue weighted by atomic mass is 16.5. The summed E-state index contributed by atoms with van der Waals surface area (Å²) in [5.41, 5.74) is 1.77. The average molecular weight is 356 g/mol. The van der Waals surface area contributed by atoms with Crippen molar-refractivity contribution in [2.45, 2.75) is 26.4 Å². The van der Waals surface area contributed by atoms with Gasteiger partial charge in [-0.2, -0.15) is 0 Å². The zero-order valence-electron chi connectivity index (χ0n) is 14.5. The minimum Gasteiger partial charge on any atom is -0.508 e. The van der Waals surface area contributed by atoms with Gasteiger partial charge < -0.3 is 24.8 Å². The van der Waals surface area contributed by atoms with Crippen molar-refractivity contribution >= 4 is 5.78 Å². The highest BCUT2D eigenvalue weighted by Gasteiger charge is 2.31. The molecule has 0 radical (unpaired) electrons. The Labute approximate surface area is 150 Å². The maximum absolute atomic E-state index is 12.3. The SMILES string of the molecule is CC(C)=CCOc1ccc([C@@H]2CC(=O)c3c(O)cc(O)cc3O2)cc1O. The largest absolute Gasteiger partial charge is 0.508 e. The number of ketones is 1. The van der Waals surface area contributed by atoms with Crippen molar-refractivity contribution in [2.24, 2.45) is 0 Å². The topological polar surface area (TPSA) is 96.2 Å². The van der Waals surface area contributed by atoms with Crippen molar-refractivity contribution in [3.8, 4) is 28.7 Å². The lowest BCUT2D eigenvalue weighted by Gasteiger charge is -2.26. The van der Waals surface area contributed by atoms with E-state index in [9.17, 15) is 20.1 Å². The molecule has 2 aromatic rings. The summed E-state index contributed by atoms with van der Waals surface area (Å²) in [6.07, 6.45) is 1.28. The number of aromatic hydroxyl groups is 3. The molecule has 0 saturated heterocycles. The van der Waals surface area contributed by atoms with Crippen LogP contribution in [-0.4, -0.2) is 27.7 Å². The maximum atomic E-state index is 12.3. The second kappa shape index (κ2) is 7.00. The molecule has 0 unspecified atom stereocenters. The van der Waals surface area contributed by atoms with Crippen LogP contribution < -0.4 is 9.47 Å². The van der Waals surface area contributed by atoms with Gasteiger partial charge in [0, 0.05) is 12.1 Å². The molecular formula is C20H20O6. The monoisotopic (exact) mass is 356 g/mol. The van der Waals surface area contributed by atoms with Crippen molar-refractivity contribution in [1.29, 1.82) is 0 Å². The summed E-state index contributed by atoms with van der Waals surface area (Å²) in [5, 5.41) is 29.6. The third-order valence-electron chi connectivity index (χ3n) is 4.07. The minimum atomic E-state index is -0.631. The van der Waals surface area contributed by atoms with Crippen LogP contribution >= 0.6 is 0 Å². The molecule has 0 aliphatic carbocycles. The number of rotatable bonds is 4. The molecule has 0 amide bonds. The van der Waals surface area contributed by atoms with Gasteiger partial charge in [-0.15, -0.1) is 0 Å². The fourth-order valence-corrected chi connectivity index (χ4v) is 2.77. The van der Waals surface area contributed by atoms with Crippen molar-refractivity contribution in [3.63, 3.8) is 0 Å². The van der Waals surface area contributed by atoms with Crippen LogP contribution in [0.4, 0.5) is 0 Å². The minimum absolute atomic E-state index is 0.0166. The first-order valence-electron chi connectivity index (χ1n) is 8.20. The van der Waals surface area contributed by atoms with Gasteiger partial charge in [-0.25, -0.2) is 0 Å². The molecule has 3 rings (SSSR count). The summed E-state index contributed by atoms with van der Waals surface area (Å²) in [5.74, 6) is -0.395. The van der Waals surface area contributed by atoms with E-state index in [0.717, 1.165) is 11.6 Å². The molecular weight excluding hydrogens is 336 g/mol. The Bertz CT molecular complexity index is 880. The predicted octanol–water partition coefficient (Wildman–Crippen LogP) is 3.85.